The molecule has 5 rings (SSSR count). The topological polar surface area (TPSA) is 84.7 Å². The maximum Gasteiger partial charge on any atom is 0.255 e. The highest BCUT2D eigenvalue weighted by Crippen LogP contribution is 2.24. The highest BCUT2D eigenvalue weighted by Gasteiger charge is 2.12. The number of aromatic nitrogens is 4. The quantitative estimate of drug-likeness (QED) is 0.301. The molecule has 0 aliphatic heterocycles. The smallest absolute Gasteiger partial charge is 0.255 e. The van der Waals surface area contributed by atoms with Gasteiger partial charge in [-0.1, -0.05) is 6.07 Å². The lowest BCUT2D eigenvalue weighted by molar-refractivity contribution is 0.102. The summed E-state index contributed by atoms with van der Waals surface area (Å²) < 4.78 is 34.4. The van der Waals surface area contributed by atoms with E-state index in [-0.39, 0.29) is 42.1 Å². The number of amides is 1. The monoisotopic (exact) mass is 478 g/mol. The first kappa shape index (κ1) is 18.5. The first-order chi connectivity index (χ1) is 19.1. The Labute approximate surface area is 215 Å². The van der Waals surface area contributed by atoms with E-state index >= 15 is 0 Å². The molecular weight excluding hydrogens is 448 g/mol. The summed E-state index contributed by atoms with van der Waals surface area (Å²) in [5.41, 5.74) is 5.39. The summed E-state index contributed by atoms with van der Waals surface area (Å²) in [5, 5.41) is 6.01. The number of nitrogens with zero attached hydrogens (tertiary/aromatic N) is 4. The number of anilines is 3. The van der Waals surface area contributed by atoms with Crippen molar-refractivity contribution in [2.75, 3.05) is 10.6 Å². The van der Waals surface area contributed by atoms with Crippen molar-refractivity contribution in [1.29, 1.82) is 0 Å². The lowest BCUT2D eigenvalue weighted by Crippen LogP contribution is -2.13. The van der Waals surface area contributed by atoms with Crippen LogP contribution in [0.1, 0.15) is 32.5 Å². The van der Waals surface area contributed by atoms with Gasteiger partial charge in [-0.25, -0.2) is 9.97 Å². The molecule has 0 bridgehead atoms. The molecule has 7 heteroatoms. The third kappa shape index (κ3) is 5.15. The van der Waals surface area contributed by atoms with Crippen LogP contribution in [0.5, 0.6) is 0 Å². The number of rotatable bonds is 6. The molecule has 2 aromatic carbocycles. The van der Waals surface area contributed by atoms with Gasteiger partial charge in [0, 0.05) is 59.1 Å². The van der Waals surface area contributed by atoms with Crippen LogP contribution < -0.4 is 10.6 Å². The van der Waals surface area contributed by atoms with Crippen LogP contribution in [0, 0.1) is 20.8 Å². The first-order valence-corrected chi connectivity index (χ1v) is 11.3. The average molecular weight is 479 g/mol. The van der Waals surface area contributed by atoms with E-state index in [1.807, 2.05) is 26.0 Å². The Kier molecular flexibility index (Phi) is 5.06. The second-order valence-electron chi connectivity index (χ2n) is 8.44. The molecule has 0 saturated heterocycles. The van der Waals surface area contributed by atoms with E-state index in [0.717, 1.165) is 11.1 Å². The lowest BCUT2D eigenvalue weighted by atomic mass is 10.1. The average Bonchev–Trinajstić information content (AvgIpc) is 3.18. The first-order valence-electron chi connectivity index (χ1n) is 13.3. The molecule has 0 fully saturated rings. The van der Waals surface area contributed by atoms with Crippen molar-refractivity contribution in [3.63, 3.8) is 0 Å². The standard InChI is InChI=1S/C29H26N6O/c1-19-9-12-35(18-19)25-14-20(2)13-24(16-25)32-28(36)22-7-6-21(3)27(15-22)34-29-31-11-8-26(33-29)23-5-4-10-30-17-23/h4-18H,1-3H3,(H,32,36)(H,31,33,34)/i8D,11D,12D,18D. The fourth-order valence-electron chi connectivity index (χ4n) is 3.72. The van der Waals surface area contributed by atoms with Crippen LogP contribution in [0.15, 0.2) is 91.6 Å². The summed E-state index contributed by atoms with van der Waals surface area (Å²) in [6.45, 7) is 5.55. The molecule has 0 aliphatic rings. The predicted molar refractivity (Wildman–Crippen MR) is 143 cm³/mol. The van der Waals surface area contributed by atoms with E-state index in [0.29, 0.717) is 33.8 Å². The van der Waals surface area contributed by atoms with Gasteiger partial charge in [-0.05, 0) is 92.0 Å². The van der Waals surface area contributed by atoms with Crippen LogP contribution in [0.3, 0.4) is 0 Å². The van der Waals surface area contributed by atoms with Crippen molar-refractivity contribution >= 4 is 23.2 Å². The Morgan fingerprint density at radius 1 is 1.03 bits per heavy atom. The number of nitrogens with one attached hydrogen (secondary N) is 2. The van der Waals surface area contributed by atoms with E-state index in [2.05, 4.69) is 25.6 Å². The molecule has 178 valence electrons. The van der Waals surface area contributed by atoms with E-state index in [4.69, 9.17) is 5.48 Å². The summed E-state index contributed by atoms with van der Waals surface area (Å²) in [5.74, 6) is -0.219. The molecule has 0 atom stereocenters. The number of benzene rings is 2. The Hall–Kier alpha value is -4.78. The normalized spacial score (nSPS) is 12.3. The van der Waals surface area contributed by atoms with Crippen molar-refractivity contribution in [1.82, 2.24) is 19.5 Å². The van der Waals surface area contributed by atoms with Gasteiger partial charge in [0.25, 0.3) is 5.91 Å². The van der Waals surface area contributed by atoms with Gasteiger partial charge in [0.15, 0.2) is 0 Å². The molecule has 0 aliphatic carbocycles. The molecular formula is C29H26N6O. The van der Waals surface area contributed by atoms with Gasteiger partial charge >= 0.3 is 0 Å². The van der Waals surface area contributed by atoms with Gasteiger partial charge in [0.05, 0.1) is 11.2 Å². The summed E-state index contributed by atoms with van der Waals surface area (Å²) in [7, 11) is 0. The van der Waals surface area contributed by atoms with E-state index in [1.54, 1.807) is 61.8 Å². The van der Waals surface area contributed by atoms with Gasteiger partial charge < -0.3 is 15.2 Å². The highest BCUT2D eigenvalue weighted by atomic mass is 16.1. The minimum atomic E-state index is -0.347. The van der Waals surface area contributed by atoms with Crippen LogP contribution >= 0.6 is 0 Å². The summed E-state index contributed by atoms with van der Waals surface area (Å²) in [6.07, 6.45) is 3.38. The van der Waals surface area contributed by atoms with Crippen LogP contribution in [-0.4, -0.2) is 25.4 Å². The van der Waals surface area contributed by atoms with Crippen molar-refractivity contribution < 1.29 is 10.3 Å². The zero-order valence-electron chi connectivity index (χ0n) is 24.0. The van der Waals surface area contributed by atoms with Gasteiger partial charge in [0.1, 0.15) is 0 Å². The summed E-state index contributed by atoms with van der Waals surface area (Å²) in [6, 6.07) is 15.6. The largest absolute Gasteiger partial charge is 0.324 e. The fourth-order valence-corrected chi connectivity index (χ4v) is 3.72. The van der Waals surface area contributed by atoms with Crippen molar-refractivity contribution in [2.45, 2.75) is 20.8 Å². The Bertz CT molecular complexity index is 1750. The number of pyridine rings is 1. The van der Waals surface area contributed by atoms with Gasteiger partial charge in [0.2, 0.25) is 5.95 Å². The van der Waals surface area contributed by atoms with Crippen LogP contribution in [0.4, 0.5) is 17.3 Å². The third-order valence-corrected chi connectivity index (χ3v) is 5.51. The van der Waals surface area contributed by atoms with Crippen LogP contribution in [0.25, 0.3) is 16.9 Å². The number of carbonyl (C=O) groups excluding carboxylic acids is 1. The highest BCUT2D eigenvalue weighted by molar-refractivity contribution is 6.05. The van der Waals surface area contributed by atoms with Crippen LogP contribution in [0.2, 0.25) is 0 Å². The zero-order valence-corrected chi connectivity index (χ0v) is 20.0. The van der Waals surface area contributed by atoms with Gasteiger partial charge in [-0.2, -0.15) is 0 Å². The maximum atomic E-state index is 13.3. The molecule has 0 saturated carbocycles. The summed E-state index contributed by atoms with van der Waals surface area (Å²) >= 11 is 0. The Morgan fingerprint density at radius 3 is 2.69 bits per heavy atom. The van der Waals surface area contributed by atoms with Crippen LogP contribution in [-0.2, 0) is 0 Å². The lowest BCUT2D eigenvalue weighted by Gasteiger charge is -2.13. The van der Waals surface area contributed by atoms with Crippen molar-refractivity contribution in [3.05, 3.63) is 114 Å². The molecule has 0 unspecified atom stereocenters. The predicted octanol–water partition coefficient (Wildman–Crippen LogP) is 6.25. The fraction of sp³-hybridized carbons (Fsp3) is 0.103. The molecule has 5 aromatic rings. The SMILES string of the molecule is [2H]c1nc(Nc2cc(C(=O)Nc3cc(C)cc(-n4c([2H])cc(C)c4[2H])c3)ccc2C)nc(-c2cccnc2)c1[2H]. The molecule has 36 heavy (non-hydrogen) atoms. The van der Waals surface area contributed by atoms with E-state index < -0.39 is 0 Å². The van der Waals surface area contributed by atoms with E-state index in [9.17, 15) is 4.79 Å². The van der Waals surface area contributed by atoms with Gasteiger partial charge in [-0.3, -0.25) is 9.78 Å². The number of carbonyl (C=O) groups is 1. The molecule has 1 amide bonds. The Morgan fingerprint density at radius 2 is 1.92 bits per heavy atom. The third-order valence-electron chi connectivity index (χ3n) is 5.51. The summed E-state index contributed by atoms with van der Waals surface area (Å²) in [4.78, 5) is 25.9. The number of hydrogen-bond acceptors (Lipinski definition) is 5. The van der Waals surface area contributed by atoms with Crippen molar-refractivity contribution in [3.8, 4) is 16.9 Å². The molecule has 2 N–H and O–H groups in total. The Balaban J connectivity index is 1.42. The number of aryl methyl sites for hydroxylation is 3. The minimum Gasteiger partial charge on any atom is -0.324 e. The molecule has 3 aromatic heterocycles. The zero-order chi connectivity index (χ0) is 28.6. The van der Waals surface area contributed by atoms with Crippen molar-refractivity contribution in [2.24, 2.45) is 0 Å². The molecule has 7 nitrogen and oxygen atoms in total. The molecule has 0 spiro atoms. The maximum absolute atomic E-state index is 13.3. The second kappa shape index (κ2) is 9.84. The second-order valence-corrected chi connectivity index (χ2v) is 8.44. The number of hydrogen-bond donors (Lipinski definition) is 2. The van der Waals surface area contributed by atoms with E-state index in [1.165, 1.54) is 4.57 Å². The molecule has 3 heterocycles. The molecule has 0 radical (unpaired) electrons. The van der Waals surface area contributed by atoms with Gasteiger partial charge in [-0.15, -0.1) is 0 Å². The minimum absolute atomic E-state index is 0.105.